The number of pyridine rings is 1. The lowest BCUT2D eigenvalue weighted by Crippen LogP contribution is -2.29. The Kier molecular flexibility index (Phi) is 3.86. The zero-order valence-electron chi connectivity index (χ0n) is 8.12. The van der Waals surface area contributed by atoms with Crippen molar-refractivity contribution in [3.05, 3.63) is 29.6 Å². The second-order valence-corrected chi connectivity index (χ2v) is 3.23. The van der Waals surface area contributed by atoms with E-state index in [-0.39, 0.29) is 12.6 Å². The van der Waals surface area contributed by atoms with Crippen LogP contribution in [0.5, 0.6) is 0 Å². The number of rotatable bonds is 4. The van der Waals surface area contributed by atoms with Crippen LogP contribution in [-0.2, 0) is 6.54 Å². The molecule has 0 aliphatic rings. The van der Waals surface area contributed by atoms with E-state index >= 15 is 0 Å². The van der Waals surface area contributed by atoms with Gasteiger partial charge in [-0.05, 0) is 25.5 Å². The summed E-state index contributed by atoms with van der Waals surface area (Å²) in [7, 11) is 0. The molecule has 0 aliphatic heterocycles. The van der Waals surface area contributed by atoms with Gasteiger partial charge in [-0.2, -0.15) is 0 Å². The quantitative estimate of drug-likeness (QED) is 0.722. The SMILES string of the molecule is Cc1cccnc1CN[C@@H](C)CO. The summed E-state index contributed by atoms with van der Waals surface area (Å²) in [6.45, 7) is 4.85. The van der Waals surface area contributed by atoms with E-state index < -0.39 is 0 Å². The summed E-state index contributed by atoms with van der Waals surface area (Å²) in [5.41, 5.74) is 2.22. The molecule has 0 unspecified atom stereocenters. The molecule has 0 fully saturated rings. The molecule has 1 aromatic rings. The number of hydrogen-bond acceptors (Lipinski definition) is 3. The standard InChI is InChI=1S/C10H16N2O/c1-8-4-3-5-11-10(8)6-12-9(2)7-13/h3-5,9,12-13H,6-7H2,1-2H3/t9-/m0/s1. The van der Waals surface area contributed by atoms with Crippen LogP contribution in [0.15, 0.2) is 18.3 Å². The van der Waals surface area contributed by atoms with Crippen LogP contribution >= 0.6 is 0 Å². The van der Waals surface area contributed by atoms with Gasteiger partial charge in [0.2, 0.25) is 0 Å². The van der Waals surface area contributed by atoms with Gasteiger partial charge in [-0.25, -0.2) is 0 Å². The number of nitrogens with one attached hydrogen (secondary N) is 1. The van der Waals surface area contributed by atoms with Gasteiger partial charge in [-0.15, -0.1) is 0 Å². The fourth-order valence-electron chi connectivity index (χ4n) is 1.04. The van der Waals surface area contributed by atoms with E-state index in [4.69, 9.17) is 5.11 Å². The molecule has 3 nitrogen and oxygen atoms in total. The molecule has 0 saturated carbocycles. The lowest BCUT2D eigenvalue weighted by atomic mass is 10.2. The first-order chi connectivity index (χ1) is 6.24. The molecule has 1 aromatic heterocycles. The maximum atomic E-state index is 8.80. The fourth-order valence-corrected chi connectivity index (χ4v) is 1.04. The largest absolute Gasteiger partial charge is 0.395 e. The van der Waals surface area contributed by atoms with E-state index in [0.717, 1.165) is 5.69 Å². The van der Waals surface area contributed by atoms with Crippen LogP contribution in [-0.4, -0.2) is 22.7 Å². The molecule has 1 heterocycles. The second kappa shape index (κ2) is 4.94. The first-order valence-electron chi connectivity index (χ1n) is 4.48. The molecule has 0 aliphatic carbocycles. The lowest BCUT2D eigenvalue weighted by molar-refractivity contribution is 0.250. The summed E-state index contributed by atoms with van der Waals surface area (Å²) in [4.78, 5) is 4.24. The van der Waals surface area contributed by atoms with E-state index in [1.54, 1.807) is 6.20 Å². The number of aromatic nitrogens is 1. The summed E-state index contributed by atoms with van der Waals surface area (Å²) in [5.74, 6) is 0. The minimum Gasteiger partial charge on any atom is -0.395 e. The molecule has 0 amide bonds. The van der Waals surface area contributed by atoms with Crippen molar-refractivity contribution in [2.45, 2.75) is 26.4 Å². The molecule has 1 atom stereocenters. The van der Waals surface area contributed by atoms with Crippen LogP contribution in [0.3, 0.4) is 0 Å². The van der Waals surface area contributed by atoms with Crippen molar-refractivity contribution in [2.24, 2.45) is 0 Å². The minimum absolute atomic E-state index is 0.126. The van der Waals surface area contributed by atoms with Gasteiger partial charge in [0.05, 0.1) is 12.3 Å². The van der Waals surface area contributed by atoms with Crippen LogP contribution in [0.4, 0.5) is 0 Å². The van der Waals surface area contributed by atoms with Gasteiger partial charge in [0.15, 0.2) is 0 Å². The van der Waals surface area contributed by atoms with Crippen molar-refractivity contribution >= 4 is 0 Å². The minimum atomic E-state index is 0.126. The summed E-state index contributed by atoms with van der Waals surface area (Å²) >= 11 is 0. The molecule has 0 bridgehead atoms. The van der Waals surface area contributed by atoms with Crippen LogP contribution in [0.25, 0.3) is 0 Å². The predicted octanol–water partition coefficient (Wildman–Crippen LogP) is 0.860. The van der Waals surface area contributed by atoms with E-state index in [2.05, 4.69) is 10.3 Å². The molecule has 2 N–H and O–H groups in total. The van der Waals surface area contributed by atoms with Crippen molar-refractivity contribution in [2.75, 3.05) is 6.61 Å². The Bertz CT molecular complexity index is 263. The maximum Gasteiger partial charge on any atom is 0.0582 e. The number of aliphatic hydroxyl groups is 1. The van der Waals surface area contributed by atoms with Gasteiger partial charge in [-0.1, -0.05) is 6.07 Å². The normalized spacial score (nSPS) is 12.8. The Hall–Kier alpha value is -0.930. The molecule has 0 radical (unpaired) electrons. The average molecular weight is 180 g/mol. The summed E-state index contributed by atoms with van der Waals surface area (Å²) in [6.07, 6.45) is 1.79. The highest BCUT2D eigenvalue weighted by molar-refractivity contribution is 5.17. The number of hydrogen-bond donors (Lipinski definition) is 2. The van der Waals surface area contributed by atoms with Crippen molar-refractivity contribution in [1.29, 1.82) is 0 Å². The molecular weight excluding hydrogens is 164 g/mol. The Morgan fingerprint density at radius 1 is 1.62 bits per heavy atom. The number of nitrogens with zero attached hydrogens (tertiary/aromatic N) is 1. The van der Waals surface area contributed by atoms with Crippen molar-refractivity contribution in [3.8, 4) is 0 Å². The molecule has 1 rings (SSSR count). The van der Waals surface area contributed by atoms with Gasteiger partial charge in [-0.3, -0.25) is 4.98 Å². The van der Waals surface area contributed by atoms with Gasteiger partial charge in [0.1, 0.15) is 0 Å². The summed E-state index contributed by atoms with van der Waals surface area (Å²) in [6, 6.07) is 4.09. The topological polar surface area (TPSA) is 45.2 Å². The Morgan fingerprint density at radius 3 is 3.00 bits per heavy atom. The highest BCUT2D eigenvalue weighted by Gasteiger charge is 2.01. The third-order valence-corrected chi connectivity index (χ3v) is 2.01. The van der Waals surface area contributed by atoms with Crippen molar-refractivity contribution in [1.82, 2.24) is 10.3 Å². The van der Waals surface area contributed by atoms with Crippen molar-refractivity contribution in [3.63, 3.8) is 0 Å². The van der Waals surface area contributed by atoms with Crippen LogP contribution in [0.1, 0.15) is 18.2 Å². The Morgan fingerprint density at radius 2 is 2.38 bits per heavy atom. The number of aliphatic hydroxyl groups excluding tert-OH is 1. The average Bonchev–Trinajstić information content (AvgIpc) is 2.16. The van der Waals surface area contributed by atoms with E-state index in [1.165, 1.54) is 5.56 Å². The van der Waals surface area contributed by atoms with Crippen LogP contribution in [0.2, 0.25) is 0 Å². The van der Waals surface area contributed by atoms with Gasteiger partial charge >= 0.3 is 0 Å². The third kappa shape index (κ3) is 3.13. The molecule has 72 valence electrons. The zero-order chi connectivity index (χ0) is 9.68. The fraction of sp³-hybridized carbons (Fsp3) is 0.500. The monoisotopic (exact) mass is 180 g/mol. The summed E-state index contributed by atoms with van der Waals surface area (Å²) in [5, 5.41) is 12.0. The Balaban J connectivity index is 2.50. The molecule has 0 spiro atoms. The molecule has 13 heavy (non-hydrogen) atoms. The highest BCUT2D eigenvalue weighted by Crippen LogP contribution is 2.02. The van der Waals surface area contributed by atoms with Gasteiger partial charge < -0.3 is 10.4 Å². The van der Waals surface area contributed by atoms with Crippen molar-refractivity contribution < 1.29 is 5.11 Å². The number of aryl methyl sites for hydroxylation is 1. The molecule has 3 heteroatoms. The molecule has 0 saturated heterocycles. The van der Waals surface area contributed by atoms with Gasteiger partial charge in [0, 0.05) is 18.8 Å². The lowest BCUT2D eigenvalue weighted by Gasteiger charge is -2.10. The predicted molar refractivity (Wildman–Crippen MR) is 52.4 cm³/mol. The van der Waals surface area contributed by atoms with Crippen LogP contribution < -0.4 is 5.32 Å². The molecular formula is C10H16N2O. The highest BCUT2D eigenvalue weighted by atomic mass is 16.3. The summed E-state index contributed by atoms with van der Waals surface area (Å²) < 4.78 is 0. The van der Waals surface area contributed by atoms with E-state index in [1.807, 2.05) is 26.0 Å². The van der Waals surface area contributed by atoms with Gasteiger partial charge in [0.25, 0.3) is 0 Å². The smallest absolute Gasteiger partial charge is 0.0582 e. The van der Waals surface area contributed by atoms with E-state index in [0.29, 0.717) is 6.54 Å². The van der Waals surface area contributed by atoms with Crippen LogP contribution in [0, 0.1) is 6.92 Å². The maximum absolute atomic E-state index is 8.80. The first kappa shape index (κ1) is 10.2. The first-order valence-corrected chi connectivity index (χ1v) is 4.48. The Labute approximate surface area is 78.8 Å². The molecule has 0 aromatic carbocycles. The third-order valence-electron chi connectivity index (χ3n) is 2.01. The zero-order valence-corrected chi connectivity index (χ0v) is 8.12. The second-order valence-electron chi connectivity index (χ2n) is 3.23. The van der Waals surface area contributed by atoms with E-state index in [9.17, 15) is 0 Å².